The molecule has 1 saturated carbocycles. The van der Waals surface area contributed by atoms with Crippen LogP contribution >= 0.6 is 11.8 Å². The second-order valence-corrected chi connectivity index (χ2v) is 8.94. The van der Waals surface area contributed by atoms with Gasteiger partial charge in [0.05, 0.1) is 16.7 Å². The number of thioether (sulfide) groups is 1. The van der Waals surface area contributed by atoms with Gasteiger partial charge in [0, 0.05) is 19.1 Å². The summed E-state index contributed by atoms with van der Waals surface area (Å²) in [5, 5.41) is 1.31. The van der Waals surface area contributed by atoms with Crippen molar-refractivity contribution in [1.29, 1.82) is 0 Å². The minimum absolute atomic E-state index is 0.00674. The zero-order valence-electron chi connectivity index (χ0n) is 16.6. The number of fused-ring (bicyclic) bond motifs is 2. The van der Waals surface area contributed by atoms with Crippen LogP contribution in [0.4, 0.5) is 0 Å². The fourth-order valence-corrected chi connectivity index (χ4v) is 5.73. The van der Waals surface area contributed by atoms with Crippen LogP contribution in [0.1, 0.15) is 51.9 Å². The number of para-hydroxylation sites is 1. The van der Waals surface area contributed by atoms with Gasteiger partial charge in [0.1, 0.15) is 0 Å². The Morgan fingerprint density at radius 2 is 1.96 bits per heavy atom. The van der Waals surface area contributed by atoms with Crippen LogP contribution in [0.3, 0.4) is 0 Å². The zero-order chi connectivity index (χ0) is 19.5. The van der Waals surface area contributed by atoms with Crippen LogP contribution < -0.4 is 5.56 Å². The summed E-state index contributed by atoms with van der Waals surface area (Å²) >= 11 is 1.42. The predicted octanol–water partition coefficient (Wildman–Crippen LogP) is 4.08. The molecule has 2 fully saturated rings. The number of piperidine rings is 1. The number of nitrogens with zero attached hydrogens (tertiary/aromatic N) is 3. The molecule has 1 aromatic carbocycles. The largest absolute Gasteiger partial charge is 0.339 e. The molecule has 0 unspecified atom stereocenters. The average Bonchev–Trinajstić information content (AvgIpc) is 2.74. The number of likely N-dealkylation sites (tertiary alicyclic amines) is 1. The van der Waals surface area contributed by atoms with Gasteiger partial charge in [-0.3, -0.25) is 14.2 Å². The fourth-order valence-electron chi connectivity index (χ4n) is 4.82. The van der Waals surface area contributed by atoms with Gasteiger partial charge in [0.15, 0.2) is 5.16 Å². The molecule has 6 heteroatoms. The third-order valence-electron chi connectivity index (χ3n) is 6.16. The molecule has 0 bridgehead atoms. The molecule has 2 aliphatic rings. The van der Waals surface area contributed by atoms with E-state index < -0.39 is 0 Å². The van der Waals surface area contributed by atoms with Crippen molar-refractivity contribution in [3.63, 3.8) is 0 Å². The van der Waals surface area contributed by atoms with Gasteiger partial charge in [-0.05, 0) is 50.2 Å². The third kappa shape index (κ3) is 3.84. The second kappa shape index (κ2) is 8.68. The number of carbonyl (C=O) groups excluding carboxylic acids is 1. The first kappa shape index (κ1) is 19.5. The molecule has 1 aliphatic heterocycles. The Morgan fingerprint density at radius 3 is 2.82 bits per heavy atom. The summed E-state index contributed by atoms with van der Waals surface area (Å²) < 4.78 is 1.74. The number of carbonyl (C=O) groups is 1. The van der Waals surface area contributed by atoms with Crippen LogP contribution in [0.2, 0.25) is 0 Å². The summed E-state index contributed by atoms with van der Waals surface area (Å²) in [7, 11) is 0. The Kier molecular flexibility index (Phi) is 6.04. The third-order valence-corrected chi connectivity index (χ3v) is 7.12. The molecule has 1 amide bonds. The Morgan fingerprint density at radius 1 is 1.18 bits per heavy atom. The molecule has 1 aromatic heterocycles. The molecule has 5 nitrogen and oxygen atoms in total. The standard InChI is InChI=1S/C22H29N3O2S/c1-2-13-25-21(27)17-10-4-5-11-18(17)23-22(25)28-15-20(26)24-14-7-9-16-8-3-6-12-19(16)24/h4-5,10-11,16,19H,2-3,6-9,12-15H2,1H3/t16-,19+/m1/s1. The zero-order valence-corrected chi connectivity index (χ0v) is 17.4. The maximum Gasteiger partial charge on any atom is 0.262 e. The molecular formula is C22H29N3O2S. The maximum atomic E-state index is 13.0. The van der Waals surface area contributed by atoms with Gasteiger partial charge in [-0.15, -0.1) is 0 Å². The number of rotatable bonds is 5. The van der Waals surface area contributed by atoms with E-state index >= 15 is 0 Å². The van der Waals surface area contributed by atoms with E-state index in [1.54, 1.807) is 4.57 Å². The molecule has 2 aromatic rings. The lowest BCUT2D eigenvalue weighted by molar-refractivity contribution is -0.134. The van der Waals surface area contributed by atoms with Crippen molar-refractivity contribution in [3.8, 4) is 0 Å². The molecule has 0 radical (unpaired) electrons. The highest BCUT2D eigenvalue weighted by Gasteiger charge is 2.35. The van der Waals surface area contributed by atoms with Crippen molar-refractivity contribution in [2.75, 3.05) is 12.3 Å². The lowest BCUT2D eigenvalue weighted by Gasteiger charge is -2.44. The Hall–Kier alpha value is -1.82. The number of aromatic nitrogens is 2. The van der Waals surface area contributed by atoms with Gasteiger partial charge in [-0.1, -0.05) is 43.7 Å². The van der Waals surface area contributed by atoms with Gasteiger partial charge in [0.25, 0.3) is 5.56 Å². The van der Waals surface area contributed by atoms with E-state index in [4.69, 9.17) is 4.98 Å². The van der Waals surface area contributed by atoms with E-state index in [9.17, 15) is 9.59 Å². The molecule has 1 saturated heterocycles. The predicted molar refractivity (Wildman–Crippen MR) is 114 cm³/mol. The van der Waals surface area contributed by atoms with Gasteiger partial charge in [-0.25, -0.2) is 4.98 Å². The van der Waals surface area contributed by atoms with E-state index in [1.807, 2.05) is 24.3 Å². The summed E-state index contributed by atoms with van der Waals surface area (Å²) in [5.74, 6) is 1.25. The summed E-state index contributed by atoms with van der Waals surface area (Å²) in [5.41, 5.74) is 0.702. The number of amides is 1. The summed E-state index contributed by atoms with van der Waals surface area (Å²) in [4.78, 5) is 32.8. The topological polar surface area (TPSA) is 55.2 Å². The van der Waals surface area contributed by atoms with Gasteiger partial charge in [0.2, 0.25) is 5.91 Å². The summed E-state index contributed by atoms with van der Waals surface area (Å²) in [6.45, 7) is 3.56. The minimum Gasteiger partial charge on any atom is -0.339 e. The highest BCUT2D eigenvalue weighted by Crippen LogP contribution is 2.35. The smallest absolute Gasteiger partial charge is 0.262 e. The van der Waals surface area contributed by atoms with Gasteiger partial charge >= 0.3 is 0 Å². The molecule has 0 spiro atoms. The first-order valence-corrected chi connectivity index (χ1v) is 11.6. The van der Waals surface area contributed by atoms with Gasteiger partial charge in [-0.2, -0.15) is 0 Å². The van der Waals surface area contributed by atoms with Crippen molar-refractivity contribution in [3.05, 3.63) is 34.6 Å². The molecule has 0 N–H and O–H groups in total. The highest BCUT2D eigenvalue weighted by molar-refractivity contribution is 7.99. The summed E-state index contributed by atoms with van der Waals surface area (Å²) in [6, 6.07) is 7.89. The van der Waals surface area contributed by atoms with Crippen molar-refractivity contribution < 1.29 is 4.79 Å². The first-order valence-electron chi connectivity index (χ1n) is 10.6. The quantitative estimate of drug-likeness (QED) is 0.562. The van der Waals surface area contributed by atoms with E-state index in [2.05, 4.69) is 11.8 Å². The van der Waals surface area contributed by atoms with E-state index in [0.29, 0.717) is 40.3 Å². The van der Waals surface area contributed by atoms with Crippen molar-refractivity contribution in [2.24, 2.45) is 5.92 Å². The SMILES string of the molecule is CCCn1c(SCC(=O)N2CCC[C@H]3CCCC[C@@H]32)nc2ccccc2c1=O. The van der Waals surface area contributed by atoms with Crippen molar-refractivity contribution in [2.45, 2.75) is 69.6 Å². The van der Waals surface area contributed by atoms with E-state index in [1.165, 1.54) is 37.4 Å². The van der Waals surface area contributed by atoms with Crippen LogP contribution in [0.25, 0.3) is 10.9 Å². The molecule has 1 aliphatic carbocycles. The second-order valence-electron chi connectivity index (χ2n) is 8.00. The number of benzene rings is 1. The van der Waals surface area contributed by atoms with Crippen LogP contribution in [0.15, 0.2) is 34.2 Å². The van der Waals surface area contributed by atoms with Crippen molar-refractivity contribution in [1.82, 2.24) is 14.5 Å². The van der Waals surface area contributed by atoms with Crippen LogP contribution in [-0.2, 0) is 11.3 Å². The molecule has 2 heterocycles. The molecule has 150 valence electrons. The Bertz CT molecular complexity index is 908. The minimum atomic E-state index is -0.00674. The van der Waals surface area contributed by atoms with E-state index in [-0.39, 0.29) is 11.5 Å². The van der Waals surface area contributed by atoms with Crippen LogP contribution in [0.5, 0.6) is 0 Å². The number of hydrogen-bond acceptors (Lipinski definition) is 4. The molecular weight excluding hydrogens is 370 g/mol. The lowest BCUT2D eigenvalue weighted by Crippen LogP contribution is -2.50. The normalized spacial score (nSPS) is 22.2. The molecule has 2 atom stereocenters. The van der Waals surface area contributed by atoms with E-state index in [0.717, 1.165) is 25.8 Å². The first-order chi connectivity index (χ1) is 13.7. The fraction of sp³-hybridized carbons (Fsp3) is 0.591. The maximum absolute atomic E-state index is 13.0. The Labute approximate surface area is 170 Å². The van der Waals surface area contributed by atoms with Gasteiger partial charge < -0.3 is 4.90 Å². The summed E-state index contributed by atoms with van der Waals surface area (Å²) in [6.07, 6.45) is 8.20. The molecule has 28 heavy (non-hydrogen) atoms. The monoisotopic (exact) mass is 399 g/mol. The van der Waals surface area contributed by atoms with Crippen LogP contribution in [0, 0.1) is 5.92 Å². The average molecular weight is 400 g/mol. The lowest BCUT2D eigenvalue weighted by atomic mass is 9.78. The Balaban J connectivity index is 1.54. The van der Waals surface area contributed by atoms with Crippen molar-refractivity contribution >= 4 is 28.6 Å². The molecule has 4 rings (SSSR count). The highest BCUT2D eigenvalue weighted by atomic mass is 32.2. The number of hydrogen-bond donors (Lipinski definition) is 0. The van der Waals surface area contributed by atoms with Crippen LogP contribution in [-0.4, -0.2) is 38.7 Å².